The highest BCUT2D eigenvalue weighted by Crippen LogP contribution is 2.14. The van der Waals surface area contributed by atoms with Crippen molar-refractivity contribution in [1.29, 1.82) is 0 Å². The normalized spacial score (nSPS) is 14.4. The van der Waals surface area contributed by atoms with Crippen LogP contribution in [0.25, 0.3) is 0 Å². The van der Waals surface area contributed by atoms with E-state index in [0.29, 0.717) is 6.04 Å². The Balaban J connectivity index is 2.37. The Bertz CT molecular complexity index is 345. The summed E-state index contributed by atoms with van der Waals surface area (Å²) in [5.41, 5.74) is 1.31. The fourth-order valence-electron chi connectivity index (χ4n) is 2.10. The van der Waals surface area contributed by atoms with Crippen molar-refractivity contribution < 1.29 is 4.74 Å². The van der Waals surface area contributed by atoms with Crippen molar-refractivity contribution in [1.82, 2.24) is 5.32 Å². The first-order valence-corrected chi connectivity index (χ1v) is 7.50. The minimum Gasteiger partial charge on any atom is -0.491 e. The van der Waals surface area contributed by atoms with Gasteiger partial charge in [0.1, 0.15) is 5.75 Å². The Labute approximate surface area is 118 Å². The summed E-state index contributed by atoms with van der Waals surface area (Å²) >= 11 is 0. The first-order chi connectivity index (χ1) is 9.01. The van der Waals surface area contributed by atoms with Gasteiger partial charge in [-0.1, -0.05) is 32.4 Å². The SMILES string of the molecule is CCC(C)CC(C)NCc1ccc(OC(C)C)cc1. The molecule has 0 aliphatic heterocycles. The number of hydrogen-bond donors (Lipinski definition) is 1. The molecule has 0 fully saturated rings. The molecule has 2 heteroatoms. The Morgan fingerprint density at radius 3 is 2.21 bits per heavy atom. The van der Waals surface area contributed by atoms with Crippen molar-refractivity contribution in [3.8, 4) is 5.75 Å². The largest absolute Gasteiger partial charge is 0.491 e. The number of rotatable bonds is 8. The summed E-state index contributed by atoms with van der Waals surface area (Å²) in [4.78, 5) is 0. The summed E-state index contributed by atoms with van der Waals surface area (Å²) in [6.45, 7) is 11.9. The van der Waals surface area contributed by atoms with Crippen LogP contribution >= 0.6 is 0 Å². The lowest BCUT2D eigenvalue weighted by Crippen LogP contribution is -2.27. The molecule has 0 spiro atoms. The molecule has 0 aliphatic rings. The highest BCUT2D eigenvalue weighted by atomic mass is 16.5. The summed E-state index contributed by atoms with van der Waals surface area (Å²) < 4.78 is 5.64. The van der Waals surface area contributed by atoms with Crippen molar-refractivity contribution in [2.75, 3.05) is 0 Å². The van der Waals surface area contributed by atoms with Gasteiger partial charge in [0.2, 0.25) is 0 Å². The molecule has 0 aromatic heterocycles. The third-order valence-corrected chi connectivity index (χ3v) is 3.40. The molecule has 0 bridgehead atoms. The Kier molecular flexibility index (Phi) is 6.93. The van der Waals surface area contributed by atoms with E-state index in [0.717, 1.165) is 18.2 Å². The lowest BCUT2D eigenvalue weighted by atomic mass is 10.0. The van der Waals surface area contributed by atoms with Crippen molar-refractivity contribution >= 4 is 0 Å². The molecule has 2 atom stereocenters. The third-order valence-electron chi connectivity index (χ3n) is 3.40. The van der Waals surface area contributed by atoms with E-state index in [4.69, 9.17) is 4.74 Å². The summed E-state index contributed by atoms with van der Waals surface area (Å²) in [7, 11) is 0. The lowest BCUT2D eigenvalue weighted by Gasteiger charge is -2.17. The predicted molar refractivity (Wildman–Crippen MR) is 82.6 cm³/mol. The van der Waals surface area contributed by atoms with E-state index in [1.807, 2.05) is 13.8 Å². The lowest BCUT2D eigenvalue weighted by molar-refractivity contribution is 0.242. The molecule has 0 heterocycles. The van der Waals surface area contributed by atoms with Crippen molar-refractivity contribution in [3.05, 3.63) is 29.8 Å². The van der Waals surface area contributed by atoms with Gasteiger partial charge < -0.3 is 10.1 Å². The second kappa shape index (κ2) is 8.21. The van der Waals surface area contributed by atoms with E-state index in [9.17, 15) is 0 Å². The van der Waals surface area contributed by atoms with Crippen LogP contribution < -0.4 is 10.1 Å². The standard InChI is InChI=1S/C17H29NO/c1-6-14(4)11-15(5)18-12-16-7-9-17(10-8-16)19-13(2)3/h7-10,13-15,18H,6,11-12H2,1-5H3. The predicted octanol–water partition coefficient (Wildman–Crippen LogP) is 4.39. The molecular formula is C17H29NO. The molecule has 2 unspecified atom stereocenters. The number of hydrogen-bond acceptors (Lipinski definition) is 2. The van der Waals surface area contributed by atoms with E-state index in [1.54, 1.807) is 0 Å². The van der Waals surface area contributed by atoms with Crippen LogP contribution in [-0.4, -0.2) is 12.1 Å². The van der Waals surface area contributed by atoms with Crippen LogP contribution in [0, 0.1) is 5.92 Å². The minimum atomic E-state index is 0.236. The van der Waals surface area contributed by atoms with Crippen LogP contribution in [-0.2, 0) is 6.54 Å². The van der Waals surface area contributed by atoms with E-state index in [2.05, 4.69) is 50.4 Å². The zero-order chi connectivity index (χ0) is 14.3. The average molecular weight is 263 g/mol. The molecule has 0 aliphatic carbocycles. The monoisotopic (exact) mass is 263 g/mol. The fourth-order valence-corrected chi connectivity index (χ4v) is 2.10. The van der Waals surface area contributed by atoms with E-state index < -0.39 is 0 Å². The summed E-state index contributed by atoms with van der Waals surface area (Å²) in [6.07, 6.45) is 2.73. The van der Waals surface area contributed by atoms with E-state index in [1.165, 1.54) is 18.4 Å². The fraction of sp³-hybridized carbons (Fsp3) is 0.647. The van der Waals surface area contributed by atoms with Gasteiger partial charge in [0.05, 0.1) is 6.10 Å². The average Bonchev–Trinajstić information content (AvgIpc) is 2.37. The second-order valence-corrected chi connectivity index (χ2v) is 5.84. The maximum atomic E-state index is 5.64. The molecule has 1 N–H and O–H groups in total. The minimum absolute atomic E-state index is 0.236. The highest BCUT2D eigenvalue weighted by Gasteiger charge is 2.06. The number of benzene rings is 1. The van der Waals surface area contributed by atoms with Crippen LogP contribution in [0.1, 0.15) is 53.0 Å². The van der Waals surface area contributed by atoms with Crippen LogP contribution in [0.5, 0.6) is 5.75 Å². The van der Waals surface area contributed by atoms with Gasteiger partial charge in [-0.25, -0.2) is 0 Å². The van der Waals surface area contributed by atoms with Crippen LogP contribution in [0.2, 0.25) is 0 Å². The van der Waals surface area contributed by atoms with E-state index in [-0.39, 0.29) is 6.10 Å². The molecule has 1 rings (SSSR count). The summed E-state index contributed by atoms with van der Waals surface area (Å²) in [5.74, 6) is 1.75. The molecule has 0 radical (unpaired) electrons. The maximum absolute atomic E-state index is 5.64. The zero-order valence-electron chi connectivity index (χ0n) is 13.1. The Hall–Kier alpha value is -1.02. The van der Waals surface area contributed by atoms with Crippen LogP contribution in [0.15, 0.2) is 24.3 Å². The van der Waals surface area contributed by atoms with Crippen molar-refractivity contribution in [2.45, 2.75) is 66.2 Å². The topological polar surface area (TPSA) is 21.3 Å². The van der Waals surface area contributed by atoms with Gasteiger partial charge in [0, 0.05) is 12.6 Å². The number of nitrogens with one attached hydrogen (secondary N) is 1. The Morgan fingerprint density at radius 1 is 1.05 bits per heavy atom. The molecule has 108 valence electrons. The van der Waals surface area contributed by atoms with Gasteiger partial charge in [0.15, 0.2) is 0 Å². The molecule has 0 amide bonds. The summed E-state index contributed by atoms with van der Waals surface area (Å²) in [6, 6.07) is 8.95. The quantitative estimate of drug-likeness (QED) is 0.751. The van der Waals surface area contributed by atoms with Crippen molar-refractivity contribution in [3.63, 3.8) is 0 Å². The molecule has 2 nitrogen and oxygen atoms in total. The smallest absolute Gasteiger partial charge is 0.119 e. The first-order valence-electron chi connectivity index (χ1n) is 7.50. The number of ether oxygens (including phenoxy) is 1. The van der Waals surface area contributed by atoms with Gasteiger partial charge in [-0.2, -0.15) is 0 Å². The van der Waals surface area contributed by atoms with Crippen LogP contribution in [0.3, 0.4) is 0 Å². The van der Waals surface area contributed by atoms with Gasteiger partial charge in [-0.15, -0.1) is 0 Å². The molecule has 19 heavy (non-hydrogen) atoms. The first kappa shape index (κ1) is 16.0. The second-order valence-electron chi connectivity index (χ2n) is 5.84. The van der Waals surface area contributed by atoms with Gasteiger partial charge in [0.25, 0.3) is 0 Å². The molecule has 1 aromatic carbocycles. The molecule has 0 saturated carbocycles. The third kappa shape index (κ3) is 6.63. The van der Waals surface area contributed by atoms with Gasteiger partial charge in [-0.3, -0.25) is 0 Å². The molecule has 1 aromatic rings. The molecular weight excluding hydrogens is 234 g/mol. The van der Waals surface area contributed by atoms with Gasteiger partial charge in [-0.05, 0) is 50.8 Å². The van der Waals surface area contributed by atoms with Crippen molar-refractivity contribution in [2.24, 2.45) is 5.92 Å². The van der Waals surface area contributed by atoms with Gasteiger partial charge >= 0.3 is 0 Å². The highest BCUT2D eigenvalue weighted by molar-refractivity contribution is 5.27. The zero-order valence-corrected chi connectivity index (χ0v) is 13.1. The maximum Gasteiger partial charge on any atom is 0.119 e. The Morgan fingerprint density at radius 2 is 1.68 bits per heavy atom. The van der Waals surface area contributed by atoms with Crippen LogP contribution in [0.4, 0.5) is 0 Å². The molecule has 0 saturated heterocycles. The van der Waals surface area contributed by atoms with E-state index >= 15 is 0 Å². The summed E-state index contributed by atoms with van der Waals surface area (Å²) in [5, 5.41) is 3.58.